The average Bonchev–Trinajstić information content (AvgIpc) is 3.05. The zero-order valence-electron chi connectivity index (χ0n) is 11.8. The number of methoxy groups -OCH3 is 1. The van der Waals surface area contributed by atoms with E-state index < -0.39 is 0 Å². The van der Waals surface area contributed by atoms with Gasteiger partial charge in [-0.2, -0.15) is 0 Å². The van der Waals surface area contributed by atoms with Crippen LogP contribution in [0.1, 0.15) is 5.56 Å². The lowest BCUT2D eigenvalue weighted by atomic mass is 10.2. The lowest BCUT2D eigenvalue weighted by Crippen LogP contribution is -2.22. The molecular formula is C17H12N2O2S. The summed E-state index contributed by atoms with van der Waals surface area (Å²) >= 11 is 1.40. The maximum Gasteiger partial charge on any atom is 0.274 e. The summed E-state index contributed by atoms with van der Waals surface area (Å²) in [4.78, 5) is 17.9. The van der Waals surface area contributed by atoms with Gasteiger partial charge in [-0.1, -0.05) is 35.6 Å². The standard InChI is InChI=1S/C17H12N2O2S/c1-21-12-6-4-5-11(9-12)10-15-16(20)19-14-8-3-2-7-13(14)18-17(19)22-15/h2-10H,1H3. The first-order valence-electron chi connectivity index (χ1n) is 6.82. The number of imidazole rings is 1. The van der Waals surface area contributed by atoms with Crippen LogP contribution in [0.2, 0.25) is 0 Å². The van der Waals surface area contributed by atoms with Crippen molar-refractivity contribution in [3.8, 4) is 5.75 Å². The van der Waals surface area contributed by atoms with Crippen LogP contribution < -0.4 is 14.8 Å². The third kappa shape index (κ3) is 1.98. The first-order valence-corrected chi connectivity index (χ1v) is 7.64. The van der Waals surface area contributed by atoms with E-state index in [9.17, 15) is 4.79 Å². The number of fused-ring (bicyclic) bond motifs is 3. The van der Waals surface area contributed by atoms with Gasteiger partial charge in [-0.3, -0.25) is 4.79 Å². The topological polar surface area (TPSA) is 43.6 Å². The number of hydrogen-bond acceptors (Lipinski definition) is 4. The molecule has 2 heterocycles. The number of hydrogen-bond donors (Lipinski definition) is 0. The molecule has 0 fully saturated rings. The second kappa shape index (κ2) is 4.96. The molecule has 0 spiro atoms. The van der Waals surface area contributed by atoms with E-state index in [1.807, 2.05) is 54.6 Å². The summed E-state index contributed by atoms with van der Waals surface area (Å²) in [5.74, 6) is 0.771. The minimum absolute atomic E-state index is 0.0310. The fourth-order valence-corrected chi connectivity index (χ4v) is 3.48. The van der Waals surface area contributed by atoms with E-state index in [0.29, 0.717) is 4.53 Å². The number of aromatic nitrogens is 2. The van der Waals surface area contributed by atoms with Crippen molar-refractivity contribution in [3.63, 3.8) is 0 Å². The summed E-state index contributed by atoms with van der Waals surface area (Å²) < 4.78 is 7.55. The van der Waals surface area contributed by atoms with Crippen LogP contribution in [-0.2, 0) is 0 Å². The van der Waals surface area contributed by atoms with Crippen molar-refractivity contribution in [1.82, 2.24) is 9.38 Å². The Kier molecular flexibility index (Phi) is 2.94. The molecule has 2 aromatic carbocycles. The van der Waals surface area contributed by atoms with E-state index in [2.05, 4.69) is 4.98 Å². The lowest BCUT2D eigenvalue weighted by molar-refractivity contribution is 0.414. The quantitative estimate of drug-likeness (QED) is 0.571. The van der Waals surface area contributed by atoms with Gasteiger partial charge in [0.05, 0.1) is 22.7 Å². The zero-order chi connectivity index (χ0) is 15.1. The van der Waals surface area contributed by atoms with Crippen LogP contribution in [0.25, 0.3) is 22.1 Å². The minimum atomic E-state index is -0.0310. The molecule has 2 aromatic heterocycles. The van der Waals surface area contributed by atoms with E-state index in [1.165, 1.54) is 11.3 Å². The lowest BCUT2D eigenvalue weighted by Gasteiger charge is -1.99. The van der Waals surface area contributed by atoms with Crippen molar-refractivity contribution in [2.75, 3.05) is 7.11 Å². The number of para-hydroxylation sites is 2. The molecule has 0 saturated carbocycles. The Balaban J connectivity index is 1.97. The van der Waals surface area contributed by atoms with Gasteiger partial charge in [-0.05, 0) is 35.9 Å². The van der Waals surface area contributed by atoms with Crippen molar-refractivity contribution in [2.45, 2.75) is 0 Å². The maximum absolute atomic E-state index is 12.6. The first-order chi connectivity index (χ1) is 10.8. The Morgan fingerprint density at radius 3 is 2.91 bits per heavy atom. The predicted molar refractivity (Wildman–Crippen MR) is 88.6 cm³/mol. The summed E-state index contributed by atoms with van der Waals surface area (Å²) in [6.45, 7) is 0. The van der Waals surface area contributed by atoms with Crippen LogP contribution in [0.4, 0.5) is 0 Å². The summed E-state index contributed by atoms with van der Waals surface area (Å²) in [5.41, 5.74) is 2.60. The van der Waals surface area contributed by atoms with Crippen LogP contribution in [-0.4, -0.2) is 16.5 Å². The SMILES string of the molecule is COc1cccc(C=c2sc3nc4ccccc4n3c2=O)c1. The number of benzene rings is 2. The van der Waals surface area contributed by atoms with E-state index >= 15 is 0 Å². The summed E-state index contributed by atoms with van der Waals surface area (Å²) in [5, 5.41) is 0. The van der Waals surface area contributed by atoms with Gasteiger partial charge >= 0.3 is 0 Å². The first kappa shape index (κ1) is 13.0. The van der Waals surface area contributed by atoms with E-state index in [0.717, 1.165) is 27.3 Å². The van der Waals surface area contributed by atoms with Gasteiger partial charge in [0.1, 0.15) is 5.75 Å². The molecular weight excluding hydrogens is 296 g/mol. The average molecular weight is 308 g/mol. The molecule has 0 unspecified atom stereocenters. The fourth-order valence-electron chi connectivity index (χ4n) is 2.49. The molecule has 5 heteroatoms. The highest BCUT2D eigenvalue weighted by atomic mass is 32.1. The number of ether oxygens (including phenoxy) is 1. The third-order valence-corrected chi connectivity index (χ3v) is 4.51. The van der Waals surface area contributed by atoms with Gasteiger partial charge in [0.15, 0.2) is 4.96 Å². The summed E-state index contributed by atoms with van der Waals surface area (Å²) in [6, 6.07) is 15.3. The summed E-state index contributed by atoms with van der Waals surface area (Å²) in [6.07, 6.45) is 1.87. The van der Waals surface area contributed by atoms with Crippen molar-refractivity contribution < 1.29 is 4.74 Å². The highest BCUT2D eigenvalue weighted by molar-refractivity contribution is 7.15. The van der Waals surface area contributed by atoms with Gasteiger partial charge in [-0.25, -0.2) is 9.38 Å². The molecule has 0 N–H and O–H groups in total. The molecule has 0 amide bonds. The molecule has 0 radical (unpaired) electrons. The molecule has 0 aliphatic heterocycles. The zero-order valence-corrected chi connectivity index (χ0v) is 12.6. The molecule has 0 aliphatic rings. The van der Waals surface area contributed by atoms with E-state index in [-0.39, 0.29) is 5.56 Å². The number of thiazole rings is 1. The second-order valence-electron chi connectivity index (χ2n) is 4.91. The van der Waals surface area contributed by atoms with E-state index in [1.54, 1.807) is 11.5 Å². The van der Waals surface area contributed by atoms with E-state index in [4.69, 9.17) is 4.74 Å². The number of nitrogens with zero attached hydrogens (tertiary/aromatic N) is 2. The Labute approximate surface area is 129 Å². The monoisotopic (exact) mass is 308 g/mol. The van der Waals surface area contributed by atoms with Crippen molar-refractivity contribution in [2.24, 2.45) is 0 Å². The van der Waals surface area contributed by atoms with Gasteiger partial charge in [0.25, 0.3) is 5.56 Å². The molecule has 0 saturated heterocycles. The van der Waals surface area contributed by atoms with Crippen molar-refractivity contribution in [3.05, 3.63) is 69.0 Å². The second-order valence-corrected chi connectivity index (χ2v) is 5.92. The van der Waals surface area contributed by atoms with Crippen LogP contribution >= 0.6 is 11.3 Å². The Hall–Kier alpha value is -2.66. The molecule has 22 heavy (non-hydrogen) atoms. The number of rotatable bonds is 2. The molecule has 0 atom stereocenters. The maximum atomic E-state index is 12.6. The Morgan fingerprint density at radius 1 is 1.18 bits per heavy atom. The van der Waals surface area contributed by atoms with Gasteiger partial charge < -0.3 is 4.74 Å². The largest absolute Gasteiger partial charge is 0.497 e. The normalized spacial score (nSPS) is 12.3. The molecule has 0 bridgehead atoms. The predicted octanol–water partition coefficient (Wildman–Crippen LogP) is 2.47. The van der Waals surface area contributed by atoms with Crippen molar-refractivity contribution in [1.29, 1.82) is 0 Å². The van der Waals surface area contributed by atoms with Gasteiger partial charge in [0.2, 0.25) is 0 Å². The molecule has 4 rings (SSSR count). The Morgan fingerprint density at radius 2 is 2.05 bits per heavy atom. The minimum Gasteiger partial charge on any atom is -0.497 e. The smallest absolute Gasteiger partial charge is 0.274 e. The van der Waals surface area contributed by atoms with Crippen molar-refractivity contribution >= 4 is 33.4 Å². The molecule has 108 valence electrons. The van der Waals surface area contributed by atoms with Gasteiger partial charge in [-0.15, -0.1) is 0 Å². The summed E-state index contributed by atoms with van der Waals surface area (Å²) in [7, 11) is 1.63. The van der Waals surface area contributed by atoms with Crippen LogP contribution in [0.3, 0.4) is 0 Å². The van der Waals surface area contributed by atoms with Gasteiger partial charge in [0, 0.05) is 0 Å². The molecule has 4 aromatic rings. The molecule has 0 aliphatic carbocycles. The Bertz CT molecular complexity index is 1090. The fraction of sp³-hybridized carbons (Fsp3) is 0.0588. The third-order valence-electron chi connectivity index (χ3n) is 3.54. The van der Waals surface area contributed by atoms with Crippen LogP contribution in [0.5, 0.6) is 5.75 Å². The highest BCUT2D eigenvalue weighted by Gasteiger charge is 2.10. The highest BCUT2D eigenvalue weighted by Crippen LogP contribution is 2.16. The van der Waals surface area contributed by atoms with Crippen LogP contribution in [0, 0.1) is 0 Å². The molecule has 4 nitrogen and oxygen atoms in total. The van der Waals surface area contributed by atoms with Crippen LogP contribution in [0.15, 0.2) is 53.3 Å².